The number of rotatable bonds is 2. The second-order valence-electron chi connectivity index (χ2n) is 6.04. The van der Waals surface area contributed by atoms with Crippen LogP contribution in [-0.2, 0) is 5.41 Å². The Kier molecular flexibility index (Phi) is 3.38. The zero-order chi connectivity index (χ0) is 15.1. The van der Waals surface area contributed by atoms with Gasteiger partial charge in [0.15, 0.2) is 5.69 Å². The fraction of sp³-hybridized carbons (Fsp3) is 0.400. The van der Waals surface area contributed by atoms with E-state index in [-0.39, 0.29) is 11.1 Å². The molecule has 1 aromatic heterocycles. The number of carbonyl (C=O) groups is 1. The van der Waals surface area contributed by atoms with Crippen LogP contribution >= 0.6 is 0 Å². The normalized spacial score (nSPS) is 11.7. The van der Waals surface area contributed by atoms with Crippen molar-refractivity contribution >= 4 is 5.97 Å². The Bertz CT molecular complexity index is 666. The molecule has 0 radical (unpaired) electrons. The minimum absolute atomic E-state index is 0.0116. The highest BCUT2D eigenvalue weighted by molar-refractivity contribution is 5.87. The summed E-state index contributed by atoms with van der Waals surface area (Å²) in [6.45, 7) is 9.87. The number of hydrogen-bond acceptors (Lipinski definition) is 3. The minimum Gasteiger partial charge on any atom is -0.476 e. The van der Waals surface area contributed by atoms with Gasteiger partial charge in [-0.05, 0) is 25.5 Å². The van der Waals surface area contributed by atoms with E-state index < -0.39 is 5.97 Å². The van der Waals surface area contributed by atoms with Gasteiger partial charge in [0.2, 0.25) is 0 Å². The Hall–Kier alpha value is -2.17. The number of aromatic nitrogens is 3. The molecule has 0 saturated heterocycles. The van der Waals surface area contributed by atoms with E-state index in [9.17, 15) is 9.90 Å². The zero-order valence-electron chi connectivity index (χ0n) is 12.4. The Labute approximate surface area is 118 Å². The van der Waals surface area contributed by atoms with Crippen LogP contribution in [0.15, 0.2) is 18.2 Å². The number of aromatic carboxylic acids is 1. The largest absolute Gasteiger partial charge is 0.476 e. The molecule has 106 valence electrons. The quantitative estimate of drug-likeness (QED) is 0.913. The Morgan fingerprint density at radius 2 is 1.90 bits per heavy atom. The van der Waals surface area contributed by atoms with E-state index in [0.717, 1.165) is 16.8 Å². The van der Waals surface area contributed by atoms with Crippen molar-refractivity contribution in [2.75, 3.05) is 0 Å². The van der Waals surface area contributed by atoms with E-state index >= 15 is 0 Å². The van der Waals surface area contributed by atoms with Crippen LogP contribution in [0.2, 0.25) is 0 Å². The van der Waals surface area contributed by atoms with Crippen molar-refractivity contribution in [2.45, 2.75) is 40.0 Å². The molecule has 0 aliphatic heterocycles. The summed E-state index contributed by atoms with van der Waals surface area (Å²) in [7, 11) is 0. The number of aryl methyl sites for hydroxylation is 2. The van der Waals surface area contributed by atoms with Gasteiger partial charge >= 0.3 is 5.97 Å². The summed E-state index contributed by atoms with van der Waals surface area (Å²) in [5.74, 6) is -1.05. The minimum atomic E-state index is -1.05. The first-order valence-electron chi connectivity index (χ1n) is 6.49. The molecule has 20 heavy (non-hydrogen) atoms. The molecule has 0 saturated carbocycles. The third kappa shape index (κ3) is 2.43. The molecule has 0 aliphatic rings. The number of hydrogen-bond donors (Lipinski definition) is 1. The first-order valence-corrected chi connectivity index (χ1v) is 6.49. The van der Waals surface area contributed by atoms with E-state index in [1.807, 2.05) is 52.8 Å². The molecule has 0 unspecified atom stereocenters. The molecule has 1 heterocycles. The van der Waals surface area contributed by atoms with E-state index in [4.69, 9.17) is 0 Å². The highest BCUT2D eigenvalue weighted by Gasteiger charge is 2.29. The molecule has 1 aromatic carbocycles. The summed E-state index contributed by atoms with van der Waals surface area (Å²) in [4.78, 5) is 11.3. The predicted octanol–water partition coefficient (Wildman–Crippen LogP) is 2.88. The van der Waals surface area contributed by atoms with Gasteiger partial charge in [-0.25, -0.2) is 9.48 Å². The number of nitrogens with zero attached hydrogens (tertiary/aromatic N) is 3. The van der Waals surface area contributed by atoms with Crippen molar-refractivity contribution in [3.63, 3.8) is 0 Å². The Morgan fingerprint density at radius 3 is 2.40 bits per heavy atom. The molecular weight excluding hydrogens is 254 g/mol. The van der Waals surface area contributed by atoms with Gasteiger partial charge < -0.3 is 5.11 Å². The van der Waals surface area contributed by atoms with Gasteiger partial charge in [-0.15, -0.1) is 5.10 Å². The molecule has 0 amide bonds. The maximum absolute atomic E-state index is 11.3. The van der Waals surface area contributed by atoms with Gasteiger partial charge in [-0.1, -0.05) is 43.7 Å². The lowest BCUT2D eigenvalue weighted by Crippen LogP contribution is -2.21. The summed E-state index contributed by atoms with van der Waals surface area (Å²) in [6, 6.07) is 5.97. The van der Waals surface area contributed by atoms with Gasteiger partial charge in [0.05, 0.1) is 11.4 Å². The molecular formula is C15H19N3O2. The van der Waals surface area contributed by atoms with Crippen LogP contribution in [0, 0.1) is 13.8 Å². The molecule has 5 nitrogen and oxygen atoms in total. The highest BCUT2D eigenvalue weighted by atomic mass is 16.4. The van der Waals surface area contributed by atoms with Crippen LogP contribution in [0.4, 0.5) is 0 Å². The molecule has 2 aromatic rings. The van der Waals surface area contributed by atoms with Crippen LogP contribution in [0.1, 0.15) is 48.1 Å². The summed E-state index contributed by atoms with van der Waals surface area (Å²) in [6.07, 6.45) is 0. The van der Waals surface area contributed by atoms with Gasteiger partial charge in [0, 0.05) is 5.41 Å². The Morgan fingerprint density at radius 1 is 1.25 bits per heavy atom. The maximum atomic E-state index is 11.3. The van der Waals surface area contributed by atoms with Crippen molar-refractivity contribution in [2.24, 2.45) is 0 Å². The lowest BCUT2D eigenvalue weighted by molar-refractivity contribution is 0.0687. The SMILES string of the molecule is Cc1ccc(-n2nnc(C(=O)O)c2C(C)(C)C)c(C)c1. The molecule has 0 bridgehead atoms. The molecule has 0 aliphatic carbocycles. The van der Waals surface area contributed by atoms with Gasteiger partial charge in [-0.3, -0.25) is 0 Å². The summed E-state index contributed by atoms with van der Waals surface area (Å²) < 4.78 is 1.64. The average Bonchev–Trinajstić information content (AvgIpc) is 2.73. The van der Waals surface area contributed by atoms with E-state index in [2.05, 4.69) is 10.3 Å². The highest BCUT2D eigenvalue weighted by Crippen LogP contribution is 2.28. The second kappa shape index (κ2) is 4.74. The van der Waals surface area contributed by atoms with Gasteiger partial charge in [0.25, 0.3) is 0 Å². The molecule has 1 N–H and O–H groups in total. The number of carboxylic acids is 1. The van der Waals surface area contributed by atoms with Crippen molar-refractivity contribution in [3.05, 3.63) is 40.7 Å². The summed E-state index contributed by atoms with van der Waals surface area (Å²) >= 11 is 0. The van der Waals surface area contributed by atoms with E-state index in [1.54, 1.807) is 4.68 Å². The monoisotopic (exact) mass is 273 g/mol. The fourth-order valence-corrected chi connectivity index (χ4v) is 2.31. The summed E-state index contributed by atoms with van der Waals surface area (Å²) in [5, 5.41) is 17.2. The van der Waals surface area contributed by atoms with Crippen LogP contribution in [0.5, 0.6) is 0 Å². The third-order valence-electron chi connectivity index (χ3n) is 3.16. The van der Waals surface area contributed by atoms with E-state index in [1.165, 1.54) is 0 Å². The standard InChI is InChI=1S/C15H19N3O2/c1-9-6-7-11(10(2)8-9)18-13(15(3,4)5)12(14(19)20)16-17-18/h6-8H,1-5H3,(H,19,20). The molecule has 2 rings (SSSR count). The summed E-state index contributed by atoms with van der Waals surface area (Å²) in [5.41, 5.74) is 3.31. The molecule has 0 atom stereocenters. The lowest BCUT2D eigenvalue weighted by Gasteiger charge is -2.21. The number of carboxylic acid groups (broad SMARTS) is 1. The lowest BCUT2D eigenvalue weighted by atomic mass is 9.90. The van der Waals surface area contributed by atoms with E-state index in [0.29, 0.717) is 5.69 Å². The van der Waals surface area contributed by atoms with Gasteiger partial charge in [-0.2, -0.15) is 0 Å². The second-order valence-corrected chi connectivity index (χ2v) is 6.04. The van der Waals surface area contributed by atoms with Crippen molar-refractivity contribution in [1.82, 2.24) is 15.0 Å². The smallest absolute Gasteiger partial charge is 0.358 e. The Balaban J connectivity index is 2.72. The maximum Gasteiger partial charge on any atom is 0.358 e. The molecule has 0 fully saturated rings. The predicted molar refractivity (Wildman–Crippen MR) is 76.5 cm³/mol. The fourth-order valence-electron chi connectivity index (χ4n) is 2.31. The number of benzene rings is 1. The van der Waals surface area contributed by atoms with Gasteiger partial charge in [0.1, 0.15) is 0 Å². The first-order chi connectivity index (χ1) is 9.21. The topological polar surface area (TPSA) is 68.0 Å². The van der Waals surface area contributed by atoms with Crippen LogP contribution < -0.4 is 0 Å². The molecule has 0 spiro atoms. The average molecular weight is 273 g/mol. The zero-order valence-corrected chi connectivity index (χ0v) is 12.4. The first kappa shape index (κ1) is 14.2. The van der Waals surface area contributed by atoms with Crippen molar-refractivity contribution < 1.29 is 9.90 Å². The molecule has 5 heteroatoms. The van der Waals surface area contributed by atoms with Crippen molar-refractivity contribution in [3.8, 4) is 5.69 Å². The third-order valence-corrected chi connectivity index (χ3v) is 3.16. The van der Waals surface area contributed by atoms with Crippen molar-refractivity contribution in [1.29, 1.82) is 0 Å². The van der Waals surface area contributed by atoms with Crippen LogP contribution in [0.25, 0.3) is 5.69 Å². The van der Waals surface area contributed by atoms with Crippen LogP contribution in [0.3, 0.4) is 0 Å². The van der Waals surface area contributed by atoms with Crippen LogP contribution in [-0.4, -0.2) is 26.1 Å².